The van der Waals surface area contributed by atoms with Gasteiger partial charge < -0.3 is 36.2 Å². The Kier molecular flexibility index (Phi) is 14.0. The van der Waals surface area contributed by atoms with Crippen LogP contribution in [0.1, 0.15) is 20.7 Å². The van der Waals surface area contributed by atoms with Crippen molar-refractivity contribution in [3.8, 4) is 0 Å². The minimum atomic E-state index is -1.30. The third-order valence-corrected chi connectivity index (χ3v) is 2.33. The summed E-state index contributed by atoms with van der Waals surface area (Å²) in [7, 11) is 3.38. The number of carboxylic acids is 2. The second-order valence-electron chi connectivity index (χ2n) is 4.52. The predicted octanol–water partition coefficient (Wildman–Crippen LogP) is -2.62. The average Bonchev–Trinajstić information content (AvgIpc) is 2.56. The zero-order chi connectivity index (χ0) is 19.4. The number of rotatable bonds is 3. The molecule has 0 radical (unpaired) electrons. The van der Waals surface area contributed by atoms with Crippen LogP contribution in [0.2, 0.25) is 0 Å². The summed E-state index contributed by atoms with van der Waals surface area (Å²) in [5, 5.41) is 20.4. The molecular weight excluding hydrogens is 418 g/mol. The molecule has 2 heterocycles. The van der Waals surface area contributed by atoms with Crippen molar-refractivity contribution in [2.45, 2.75) is 0 Å². The Hall–Kier alpha value is -2.21. The first-order valence-electron chi connectivity index (χ1n) is 6.66. The minimum absolute atomic E-state index is 0. The number of aromatic carboxylic acids is 2. The molecule has 2 aromatic heterocycles. The SMILES string of the molecule is CN(C)C=O.Nc1ncccc1C(=O)[O-].Nc1ncccc1C(=O)[O-].[Sr+2]. The van der Waals surface area contributed by atoms with Gasteiger partial charge in [-0.05, 0) is 24.3 Å². The number of anilines is 2. The van der Waals surface area contributed by atoms with Gasteiger partial charge >= 0.3 is 45.5 Å². The molecule has 2 rings (SSSR count). The van der Waals surface area contributed by atoms with E-state index in [1.807, 2.05) is 0 Å². The maximum atomic E-state index is 10.2. The maximum absolute atomic E-state index is 10.2. The zero-order valence-electron chi connectivity index (χ0n) is 14.3. The van der Waals surface area contributed by atoms with E-state index in [9.17, 15) is 24.6 Å². The van der Waals surface area contributed by atoms with E-state index in [0.717, 1.165) is 6.41 Å². The van der Waals surface area contributed by atoms with E-state index in [0.29, 0.717) is 0 Å². The second-order valence-corrected chi connectivity index (χ2v) is 4.52. The minimum Gasteiger partial charge on any atom is -0.545 e. The van der Waals surface area contributed by atoms with Crippen LogP contribution in [0.3, 0.4) is 0 Å². The largest absolute Gasteiger partial charge is 2.00 e. The number of pyridine rings is 2. The van der Waals surface area contributed by atoms with Crippen LogP contribution in [0.5, 0.6) is 0 Å². The van der Waals surface area contributed by atoms with Gasteiger partial charge in [-0.2, -0.15) is 0 Å². The van der Waals surface area contributed by atoms with Gasteiger partial charge in [0.15, 0.2) is 0 Å². The Morgan fingerprint density at radius 1 is 0.962 bits per heavy atom. The fourth-order valence-electron chi connectivity index (χ4n) is 1.18. The van der Waals surface area contributed by atoms with Gasteiger partial charge in [0.1, 0.15) is 11.6 Å². The number of nitrogens with zero attached hydrogens (tertiary/aromatic N) is 3. The van der Waals surface area contributed by atoms with E-state index in [2.05, 4.69) is 9.97 Å². The molecule has 0 atom stereocenters. The van der Waals surface area contributed by atoms with Gasteiger partial charge in [-0.25, -0.2) is 9.97 Å². The molecule has 134 valence electrons. The van der Waals surface area contributed by atoms with E-state index < -0.39 is 11.9 Å². The maximum Gasteiger partial charge on any atom is 2.00 e. The Labute approximate surface area is 187 Å². The standard InChI is InChI=1S/2C6H6N2O2.C3H7NO.Sr/c2*7-5-4(6(9)10)2-1-3-8-5;1-4(2)3-5;/h2*1-3H,(H2,7,8)(H,9,10);3H,1-2H3;/q;;;+2/p-2. The van der Waals surface area contributed by atoms with Gasteiger partial charge in [0.05, 0.1) is 11.9 Å². The van der Waals surface area contributed by atoms with Gasteiger partial charge in [0, 0.05) is 37.6 Å². The average molecular weight is 435 g/mol. The molecule has 0 fully saturated rings. The number of carbonyl (C=O) groups is 3. The number of carbonyl (C=O) groups excluding carboxylic acids is 3. The van der Waals surface area contributed by atoms with Gasteiger partial charge in [-0.1, -0.05) is 0 Å². The second kappa shape index (κ2) is 14.0. The molecule has 4 N–H and O–H groups in total. The van der Waals surface area contributed by atoms with E-state index in [1.54, 1.807) is 14.1 Å². The number of nitrogen functional groups attached to an aromatic ring is 2. The van der Waals surface area contributed by atoms with Gasteiger partial charge in [0.25, 0.3) is 0 Å². The monoisotopic (exact) mass is 435 g/mol. The number of aromatic nitrogens is 2. The quantitative estimate of drug-likeness (QED) is 0.386. The summed E-state index contributed by atoms with van der Waals surface area (Å²) in [6.45, 7) is 0. The Morgan fingerprint density at radius 2 is 1.27 bits per heavy atom. The molecule has 1 amide bonds. The summed E-state index contributed by atoms with van der Waals surface area (Å²) < 4.78 is 0. The van der Waals surface area contributed by atoms with Crippen LogP contribution in [-0.4, -0.2) is 92.8 Å². The fraction of sp³-hybridized carbons (Fsp3) is 0.133. The fourth-order valence-corrected chi connectivity index (χ4v) is 1.18. The van der Waals surface area contributed by atoms with Crippen molar-refractivity contribution in [1.29, 1.82) is 0 Å². The number of hydrogen-bond acceptors (Lipinski definition) is 9. The topological polar surface area (TPSA) is 178 Å². The molecule has 0 aliphatic rings. The molecule has 0 unspecified atom stereocenters. The summed E-state index contributed by atoms with van der Waals surface area (Å²) >= 11 is 0. The Balaban J connectivity index is 0. The number of carboxylic acid groups (broad SMARTS) is 2. The normalized spacial score (nSPS) is 8.38. The molecule has 0 aliphatic carbocycles. The van der Waals surface area contributed by atoms with Crippen LogP contribution in [0, 0.1) is 0 Å². The Bertz CT molecular complexity index is 672. The van der Waals surface area contributed by atoms with Crippen molar-refractivity contribution in [2.24, 2.45) is 0 Å². The molecule has 0 spiro atoms. The number of nitrogens with two attached hydrogens (primary N) is 2. The Morgan fingerprint density at radius 3 is 1.42 bits per heavy atom. The molecule has 0 bridgehead atoms. The van der Waals surface area contributed by atoms with E-state index >= 15 is 0 Å². The predicted molar refractivity (Wildman–Crippen MR) is 91.5 cm³/mol. The summed E-state index contributed by atoms with van der Waals surface area (Å²) in [4.78, 5) is 38.4. The van der Waals surface area contributed by atoms with Gasteiger partial charge in [-0.15, -0.1) is 0 Å². The van der Waals surface area contributed by atoms with Gasteiger partial charge in [-0.3, -0.25) is 4.79 Å². The van der Waals surface area contributed by atoms with Crippen molar-refractivity contribution in [1.82, 2.24) is 14.9 Å². The molecular formula is C15H17N5O5Sr. The molecule has 0 aliphatic heterocycles. The molecule has 0 saturated carbocycles. The summed E-state index contributed by atoms with van der Waals surface area (Å²) in [5.74, 6) is -2.62. The molecule has 0 aromatic carbocycles. The first-order chi connectivity index (χ1) is 11.7. The van der Waals surface area contributed by atoms with Crippen LogP contribution < -0.4 is 21.7 Å². The first kappa shape index (κ1) is 26.0. The van der Waals surface area contributed by atoms with Gasteiger partial charge in [0.2, 0.25) is 6.41 Å². The summed E-state index contributed by atoms with van der Waals surface area (Å²) in [6, 6.07) is 5.66. The van der Waals surface area contributed by atoms with E-state index in [4.69, 9.17) is 11.5 Å². The van der Waals surface area contributed by atoms with Crippen molar-refractivity contribution in [3.05, 3.63) is 47.8 Å². The van der Waals surface area contributed by atoms with E-state index in [-0.39, 0.29) is 68.2 Å². The number of amides is 1. The van der Waals surface area contributed by atoms with Crippen LogP contribution in [-0.2, 0) is 4.79 Å². The van der Waals surface area contributed by atoms with Crippen molar-refractivity contribution in [3.63, 3.8) is 0 Å². The first-order valence-corrected chi connectivity index (χ1v) is 6.66. The van der Waals surface area contributed by atoms with Crippen LogP contribution in [0.25, 0.3) is 0 Å². The molecule has 26 heavy (non-hydrogen) atoms. The summed E-state index contributed by atoms with van der Waals surface area (Å²) in [6.07, 6.45) is 3.59. The third kappa shape index (κ3) is 10.6. The zero-order valence-corrected chi connectivity index (χ0v) is 17.8. The molecule has 11 heteroatoms. The van der Waals surface area contributed by atoms with Crippen molar-refractivity contribution < 1.29 is 24.6 Å². The molecule has 10 nitrogen and oxygen atoms in total. The molecule has 2 aromatic rings. The molecule has 0 saturated heterocycles. The van der Waals surface area contributed by atoms with Crippen molar-refractivity contribution in [2.75, 3.05) is 25.6 Å². The smallest absolute Gasteiger partial charge is 0.545 e. The van der Waals surface area contributed by atoms with Crippen molar-refractivity contribution >= 4 is 75.5 Å². The third-order valence-electron chi connectivity index (χ3n) is 2.33. The van der Waals surface area contributed by atoms with Crippen LogP contribution >= 0.6 is 0 Å². The summed E-state index contributed by atoms with van der Waals surface area (Å²) in [5.41, 5.74) is 10.2. The van der Waals surface area contributed by atoms with E-state index in [1.165, 1.54) is 41.6 Å². The van der Waals surface area contributed by atoms with Crippen LogP contribution in [0.4, 0.5) is 11.6 Å². The van der Waals surface area contributed by atoms with Crippen LogP contribution in [0.15, 0.2) is 36.7 Å². The number of hydrogen-bond donors (Lipinski definition) is 2.